The first kappa shape index (κ1) is 19.6. The third-order valence-corrected chi connectivity index (χ3v) is 4.07. The molecule has 0 aliphatic heterocycles. The van der Waals surface area contributed by atoms with Crippen LogP contribution >= 0.6 is 0 Å². The van der Waals surface area contributed by atoms with Crippen molar-refractivity contribution in [2.24, 2.45) is 0 Å². The molecule has 0 aliphatic carbocycles. The van der Waals surface area contributed by atoms with Gasteiger partial charge in [-0.1, -0.05) is 25.1 Å². The summed E-state index contributed by atoms with van der Waals surface area (Å²) in [4.78, 5) is 30.7. The molecule has 6 heteroatoms. The van der Waals surface area contributed by atoms with Gasteiger partial charge in [0.25, 0.3) is 0 Å². The number of rotatable bonds is 8. The summed E-state index contributed by atoms with van der Waals surface area (Å²) < 4.78 is 13.1. The highest BCUT2D eigenvalue weighted by molar-refractivity contribution is 5.87. The van der Waals surface area contributed by atoms with Crippen molar-refractivity contribution in [1.82, 2.24) is 15.2 Å². The Hall–Kier alpha value is -2.76. The second-order valence-corrected chi connectivity index (χ2v) is 6.11. The topological polar surface area (TPSA) is 62.3 Å². The van der Waals surface area contributed by atoms with Gasteiger partial charge in [0, 0.05) is 19.2 Å². The maximum Gasteiger partial charge on any atom is 0.242 e. The number of amides is 2. The van der Waals surface area contributed by atoms with E-state index >= 15 is 0 Å². The fourth-order valence-electron chi connectivity index (χ4n) is 2.55. The molecule has 1 N–H and O–H groups in total. The Morgan fingerprint density at radius 2 is 1.92 bits per heavy atom. The number of benzene rings is 1. The van der Waals surface area contributed by atoms with Crippen LogP contribution in [-0.2, 0) is 22.7 Å². The summed E-state index contributed by atoms with van der Waals surface area (Å²) in [6, 6.07) is 10.8. The van der Waals surface area contributed by atoms with E-state index in [2.05, 4.69) is 10.3 Å². The van der Waals surface area contributed by atoms with Crippen molar-refractivity contribution in [1.29, 1.82) is 0 Å². The number of hydrogen-bond acceptors (Lipinski definition) is 3. The van der Waals surface area contributed by atoms with Crippen molar-refractivity contribution in [3.63, 3.8) is 0 Å². The van der Waals surface area contributed by atoms with Gasteiger partial charge in [-0.15, -0.1) is 0 Å². The molecular formula is C20H24FN3O2. The zero-order valence-corrected chi connectivity index (χ0v) is 15.1. The number of aromatic nitrogens is 1. The Labute approximate surface area is 153 Å². The van der Waals surface area contributed by atoms with E-state index in [1.165, 1.54) is 17.0 Å². The van der Waals surface area contributed by atoms with Gasteiger partial charge in [0.1, 0.15) is 11.9 Å². The van der Waals surface area contributed by atoms with Crippen molar-refractivity contribution >= 4 is 11.8 Å². The van der Waals surface area contributed by atoms with E-state index in [9.17, 15) is 14.0 Å². The highest BCUT2D eigenvalue weighted by Gasteiger charge is 2.25. The van der Waals surface area contributed by atoms with E-state index in [1.54, 1.807) is 25.3 Å². The van der Waals surface area contributed by atoms with Gasteiger partial charge in [0.15, 0.2) is 0 Å². The maximum atomic E-state index is 13.1. The summed E-state index contributed by atoms with van der Waals surface area (Å²) in [7, 11) is 0. The van der Waals surface area contributed by atoms with Crippen LogP contribution < -0.4 is 5.32 Å². The summed E-state index contributed by atoms with van der Waals surface area (Å²) >= 11 is 0. The second-order valence-electron chi connectivity index (χ2n) is 6.11. The molecule has 0 spiro atoms. The lowest BCUT2D eigenvalue weighted by molar-refractivity contribution is -0.140. The second kappa shape index (κ2) is 9.65. The maximum absolute atomic E-state index is 13.1. The molecule has 2 rings (SSSR count). The molecule has 2 aromatic rings. The first-order valence-electron chi connectivity index (χ1n) is 8.72. The van der Waals surface area contributed by atoms with Gasteiger partial charge < -0.3 is 10.2 Å². The number of carbonyl (C=O) groups excluding carboxylic acids is 2. The van der Waals surface area contributed by atoms with Gasteiger partial charge in [0.2, 0.25) is 11.8 Å². The number of carbonyl (C=O) groups is 2. The monoisotopic (exact) mass is 357 g/mol. The van der Waals surface area contributed by atoms with E-state index in [0.29, 0.717) is 19.4 Å². The van der Waals surface area contributed by atoms with Crippen LogP contribution in [0.2, 0.25) is 0 Å². The average molecular weight is 357 g/mol. The molecule has 138 valence electrons. The van der Waals surface area contributed by atoms with Gasteiger partial charge in [-0.2, -0.15) is 0 Å². The zero-order chi connectivity index (χ0) is 18.9. The zero-order valence-electron chi connectivity index (χ0n) is 15.1. The summed E-state index contributed by atoms with van der Waals surface area (Å²) in [5.74, 6) is -0.680. The van der Waals surface area contributed by atoms with Crippen LogP contribution in [0.3, 0.4) is 0 Å². The number of nitrogens with zero attached hydrogens (tertiary/aromatic N) is 2. The van der Waals surface area contributed by atoms with Crippen LogP contribution in [0.5, 0.6) is 0 Å². The van der Waals surface area contributed by atoms with Gasteiger partial charge in [0.05, 0.1) is 12.2 Å². The highest BCUT2D eigenvalue weighted by atomic mass is 19.1. The Morgan fingerprint density at radius 1 is 1.19 bits per heavy atom. The Bertz CT molecular complexity index is 720. The molecule has 1 aromatic heterocycles. The predicted molar refractivity (Wildman–Crippen MR) is 97.4 cm³/mol. The Morgan fingerprint density at radius 3 is 2.54 bits per heavy atom. The summed E-state index contributed by atoms with van der Waals surface area (Å²) in [6.45, 7) is 4.18. The fourth-order valence-corrected chi connectivity index (χ4v) is 2.55. The third-order valence-electron chi connectivity index (χ3n) is 4.07. The van der Waals surface area contributed by atoms with Crippen LogP contribution in [0.15, 0.2) is 48.7 Å². The minimum Gasteiger partial charge on any atom is -0.349 e. The van der Waals surface area contributed by atoms with Crippen LogP contribution in [0.4, 0.5) is 4.39 Å². The standard InChI is InChI=1S/C20H24FN3O2/c1-3-6-19(25)24(14-16-8-10-17(21)11-9-16)15(2)20(26)23-13-18-7-4-5-12-22-18/h4-5,7-12,15H,3,6,13-14H2,1-2H3,(H,23,26)/t15-/m0/s1. The van der Waals surface area contributed by atoms with Crippen LogP contribution in [0, 0.1) is 5.82 Å². The summed E-state index contributed by atoms with van der Waals surface area (Å²) in [5.41, 5.74) is 1.53. The quantitative estimate of drug-likeness (QED) is 0.790. The lowest BCUT2D eigenvalue weighted by Gasteiger charge is -2.28. The molecular weight excluding hydrogens is 333 g/mol. The molecule has 0 unspecified atom stereocenters. The molecule has 2 amide bonds. The van der Waals surface area contributed by atoms with Crippen molar-refractivity contribution in [3.8, 4) is 0 Å². The number of hydrogen-bond donors (Lipinski definition) is 1. The van der Waals surface area contributed by atoms with Gasteiger partial charge in [-0.25, -0.2) is 4.39 Å². The lowest BCUT2D eigenvalue weighted by atomic mass is 10.1. The normalized spacial score (nSPS) is 11.7. The van der Waals surface area contributed by atoms with Crippen molar-refractivity contribution in [2.75, 3.05) is 0 Å². The number of pyridine rings is 1. The van der Waals surface area contributed by atoms with Crippen LogP contribution in [-0.4, -0.2) is 27.7 Å². The molecule has 1 aromatic carbocycles. The molecule has 0 saturated heterocycles. The van der Waals surface area contributed by atoms with Gasteiger partial charge >= 0.3 is 0 Å². The molecule has 5 nitrogen and oxygen atoms in total. The summed E-state index contributed by atoms with van der Waals surface area (Å²) in [6.07, 6.45) is 2.72. The van der Waals surface area contributed by atoms with Crippen molar-refractivity contribution in [3.05, 3.63) is 65.7 Å². The van der Waals surface area contributed by atoms with E-state index in [4.69, 9.17) is 0 Å². The Kier molecular flexibility index (Phi) is 7.26. The van der Waals surface area contributed by atoms with Gasteiger partial charge in [-0.3, -0.25) is 14.6 Å². The molecule has 0 fully saturated rings. The molecule has 1 heterocycles. The SMILES string of the molecule is CCCC(=O)N(Cc1ccc(F)cc1)[C@@H](C)C(=O)NCc1ccccn1. The summed E-state index contributed by atoms with van der Waals surface area (Å²) in [5, 5.41) is 2.82. The highest BCUT2D eigenvalue weighted by Crippen LogP contribution is 2.12. The molecule has 0 radical (unpaired) electrons. The van der Waals surface area contributed by atoms with Crippen molar-refractivity contribution in [2.45, 2.75) is 45.8 Å². The minimum atomic E-state index is -0.636. The minimum absolute atomic E-state index is 0.0997. The van der Waals surface area contributed by atoms with E-state index < -0.39 is 6.04 Å². The first-order chi connectivity index (χ1) is 12.5. The van der Waals surface area contributed by atoms with E-state index in [1.807, 2.05) is 25.1 Å². The van der Waals surface area contributed by atoms with E-state index in [-0.39, 0.29) is 24.2 Å². The lowest BCUT2D eigenvalue weighted by Crippen LogP contribution is -2.47. The molecule has 1 atom stereocenters. The average Bonchev–Trinajstić information content (AvgIpc) is 2.66. The largest absolute Gasteiger partial charge is 0.349 e. The first-order valence-corrected chi connectivity index (χ1v) is 8.72. The van der Waals surface area contributed by atoms with Gasteiger partial charge in [-0.05, 0) is 43.2 Å². The van der Waals surface area contributed by atoms with Crippen LogP contribution in [0.25, 0.3) is 0 Å². The van der Waals surface area contributed by atoms with E-state index in [0.717, 1.165) is 11.3 Å². The fraction of sp³-hybridized carbons (Fsp3) is 0.350. The molecule has 0 aliphatic rings. The molecule has 26 heavy (non-hydrogen) atoms. The molecule has 0 bridgehead atoms. The van der Waals surface area contributed by atoms with Crippen molar-refractivity contribution < 1.29 is 14.0 Å². The molecule has 0 saturated carbocycles. The smallest absolute Gasteiger partial charge is 0.242 e. The predicted octanol–water partition coefficient (Wildman–Crippen LogP) is 3.05. The number of halogens is 1. The van der Waals surface area contributed by atoms with Crippen LogP contribution in [0.1, 0.15) is 37.9 Å². The third kappa shape index (κ3) is 5.65. The number of nitrogens with one attached hydrogen (secondary N) is 1. The Balaban J connectivity index is 2.05.